The largest absolute Gasteiger partial charge is 0.493 e. The summed E-state index contributed by atoms with van der Waals surface area (Å²) in [6, 6.07) is 11.6. The maximum atomic E-state index is 12.6. The van der Waals surface area contributed by atoms with Crippen LogP contribution in [0.5, 0.6) is 23.0 Å². The van der Waals surface area contributed by atoms with Gasteiger partial charge in [0.2, 0.25) is 5.91 Å². The number of benzene rings is 2. The number of carbonyl (C=O) groups is 1. The minimum absolute atomic E-state index is 0.0794. The summed E-state index contributed by atoms with van der Waals surface area (Å²) in [5.74, 6) is 3.35. The Morgan fingerprint density at radius 1 is 1.11 bits per heavy atom. The van der Waals surface area contributed by atoms with Crippen molar-refractivity contribution in [3.05, 3.63) is 47.5 Å². The highest BCUT2D eigenvalue weighted by Crippen LogP contribution is 2.44. The number of hydrogen-bond acceptors (Lipinski definition) is 6. The Morgan fingerprint density at radius 2 is 1.93 bits per heavy atom. The van der Waals surface area contributed by atoms with Crippen LogP contribution >= 0.6 is 11.8 Å². The molecule has 7 heteroatoms. The second kappa shape index (κ2) is 7.60. The number of ether oxygens (including phenoxy) is 4. The molecule has 1 unspecified atom stereocenters. The van der Waals surface area contributed by atoms with Gasteiger partial charge >= 0.3 is 0 Å². The van der Waals surface area contributed by atoms with Crippen LogP contribution in [0.3, 0.4) is 0 Å². The van der Waals surface area contributed by atoms with E-state index < -0.39 is 0 Å². The van der Waals surface area contributed by atoms with Gasteiger partial charge in [-0.1, -0.05) is 18.2 Å². The fourth-order valence-corrected chi connectivity index (χ4v) is 4.55. The van der Waals surface area contributed by atoms with Crippen molar-refractivity contribution in [2.75, 3.05) is 33.2 Å². The number of para-hydroxylation sites is 1. The smallest absolute Gasteiger partial charge is 0.234 e. The Morgan fingerprint density at radius 3 is 2.70 bits per heavy atom. The monoisotopic (exact) mass is 387 g/mol. The lowest BCUT2D eigenvalue weighted by atomic mass is 10.1. The minimum Gasteiger partial charge on any atom is -0.493 e. The van der Waals surface area contributed by atoms with Gasteiger partial charge < -0.3 is 23.8 Å². The third-order valence-corrected chi connectivity index (χ3v) is 5.90. The molecule has 1 amide bonds. The van der Waals surface area contributed by atoms with E-state index in [2.05, 4.69) is 0 Å². The zero-order valence-electron chi connectivity index (χ0n) is 15.3. The summed E-state index contributed by atoms with van der Waals surface area (Å²) in [6.45, 7) is 1.55. The number of thioether (sulfide) groups is 1. The van der Waals surface area contributed by atoms with Gasteiger partial charge in [-0.05, 0) is 23.8 Å². The molecule has 2 aromatic carbocycles. The Labute approximate surface area is 162 Å². The second-order valence-corrected chi connectivity index (χ2v) is 7.31. The molecule has 0 saturated carbocycles. The van der Waals surface area contributed by atoms with E-state index in [0.29, 0.717) is 37.0 Å². The molecular formula is C20H21NO5S. The van der Waals surface area contributed by atoms with Crippen LogP contribution in [0.4, 0.5) is 0 Å². The van der Waals surface area contributed by atoms with Crippen molar-refractivity contribution in [2.24, 2.45) is 0 Å². The molecule has 27 heavy (non-hydrogen) atoms. The molecule has 4 rings (SSSR count). The van der Waals surface area contributed by atoms with E-state index in [4.69, 9.17) is 18.9 Å². The van der Waals surface area contributed by atoms with Crippen molar-refractivity contribution >= 4 is 17.7 Å². The quantitative estimate of drug-likeness (QED) is 0.785. The average molecular weight is 387 g/mol. The third kappa shape index (κ3) is 3.39. The summed E-state index contributed by atoms with van der Waals surface area (Å²) in [5.41, 5.74) is 1.94. The van der Waals surface area contributed by atoms with Gasteiger partial charge in [0, 0.05) is 5.56 Å². The van der Waals surface area contributed by atoms with Gasteiger partial charge in [0.05, 0.1) is 26.5 Å². The number of fused-ring (bicyclic) bond motifs is 1. The molecule has 6 nitrogen and oxygen atoms in total. The van der Waals surface area contributed by atoms with Crippen molar-refractivity contribution in [2.45, 2.75) is 11.9 Å². The van der Waals surface area contributed by atoms with E-state index in [9.17, 15) is 4.79 Å². The standard InChI is InChI=1S/C20H21NO5S/c1-23-16-5-3-4-14(19(16)24-2)11-21-18(22)12-27-20(21)13-6-7-15-17(10-13)26-9-8-25-15/h3-7,10,20H,8-9,11-12H2,1-2H3. The van der Waals surface area contributed by atoms with E-state index in [1.165, 1.54) is 0 Å². The highest BCUT2D eigenvalue weighted by Gasteiger charge is 2.34. The highest BCUT2D eigenvalue weighted by atomic mass is 32.2. The molecule has 0 aromatic heterocycles. The Bertz CT molecular complexity index is 856. The first-order chi connectivity index (χ1) is 13.2. The zero-order chi connectivity index (χ0) is 18.8. The predicted octanol–water partition coefficient (Wildman–Crippen LogP) is 3.25. The Kier molecular flexibility index (Phi) is 5.03. The third-order valence-electron chi connectivity index (χ3n) is 4.64. The normalized spacial score (nSPS) is 18.5. The Hall–Kier alpha value is -2.54. The molecule has 2 aliphatic rings. The van der Waals surface area contributed by atoms with Gasteiger partial charge in [0.25, 0.3) is 0 Å². The molecule has 0 radical (unpaired) electrons. The fraction of sp³-hybridized carbons (Fsp3) is 0.350. The molecule has 2 aliphatic heterocycles. The maximum Gasteiger partial charge on any atom is 0.234 e. The van der Waals surface area contributed by atoms with Crippen LogP contribution < -0.4 is 18.9 Å². The van der Waals surface area contributed by atoms with Crippen LogP contribution in [0.25, 0.3) is 0 Å². The summed E-state index contributed by atoms with van der Waals surface area (Å²) in [7, 11) is 3.22. The first-order valence-corrected chi connectivity index (χ1v) is 9.76. The summed E-state index contributed by atoms with van der Waals surface area (Å²) >= 11 is 1.61. The number of methoxy groups -OCH3 is 2. The summed E-state index contributed by atoms with van der Waals surface area (Å²) < 4.78 is 22.2. The number of carbonyl (C=O) groups excluding carboxylic acids is 1. The van der Waals surface area contributed by atoms with Crippen LogP contribution in [0.2, 0.25) is 0 Å². The predicted molar refractivity (Wildman–Crippen MR) is 103 cm³/mol. The number of amides is 1. The van der Waals surface area contributed by atoms with Crippen LogP contribution in [-0.4, -0.2) is 44.0 Å². The van der Waals surface area contributed by atoms with Gasteiger partial charge in [-0.3, -0.25) is 4.79 Å². The van der Waals surface area contributed by atoms with E-state index in [1.54, 1.807) is 26.0 Å². The molecule has 0 bridgehead atoms. The lowest BCUT2D eigenvalue weighted by Crippen LogP contribution is -2.28. The Balaban J connectivity index is 1.63. The molecule has 1 fully saturated rings. The summed E-state index contributed by atoms with van der Waals surface area (Å²) in [5, 5.41) is -0.0794. The van der Waals surface area contributed by atoms with E-state index in [1.807, 2.05) is 41.3 Å². The molecule has 0 aliphatic carbocycles. The number of rotatable bonds is 5. The second-order valence-electron chi connectivity index (χ2n) is 6.24. The molecule has 1 atom stereocenters. The topological polar surface area (TPSA) is 57.2 Å². The molecule has 0 N–H and O–H groups in total. The van der Waals surface area contributed by atoms with Gasteiger partial charge in [-0.25, -0.2) is 0 Å². The first kappa shape index (κ1) is 17.9. The van der Waals surface area contributed by atoms with Crippen molar-refractivity contribution in [1.29, 1.82) is 0 Å². The van der Waals surface area contributed by atoms with E-state index >= 15 is 0 Å². The summed E-state index contributed by atoms with van der Waals surface area (Å²) in [4.78, 5) is 14.5. The van der Waals surface area contributed by atoms with Gasteiger partial charge in [0.15, 0.2) is 23.0 Å². The molecular weight excluding hydrogens is 366 g/mol. The van der Waals surface area contributed by atoms with Crippen LogP contribution in [0.1, 0.15) is 16.5 Å². The van der Waals surface area contributed by atoms with Crippen LogP contribution in [-0.2, 0) is 11.3 Å². The van der Waals surface area contributed by atoms with Gasteiger partial charge in [-0.2, -0.15) is 0 Å². The van der Waals surface area contributed by atoms with Crippen LogP contribution in [0.15, 0.2) is 36.4 Å². The highest BCUT2D eigenvalue weighted by molar-refractivity contribution is 8.00. The van der Waals surface area contributed by atoms with Crippen molar-refractivity contribution in [3.63, 3.8) is 0 Å². The van der Waals surface area contributed by atoms with Gasteiger partial charge in [-0.15, -0.1) is 11.8 Å². The van der Waals surface area contributed by atoms with E-state index in [-0.39, 0.29) is 11.3 Å². The van der Waals surface area contributed by atoms with Crippen LogP contribution in [0, 0.1) is 0 Å². The number of hydrogen-bond donors (Lipinski definition) is 0. The molecule has 2 aromatic rings. The fourth-order valence-electron chi connectivity index (χ4n) is 3.38. The van der Waals surface area contributed by atoms with Crippen molar-refractivity contribution in [1.82, 2.24) is 4.90 Å². The van der Waals surface area contributed by atoms with Crippen molar-refractivity contribution < 1.29 is 23.7 Å². The van der Waals surface area contributed by atoms with E-state index in [0.717, 1.165) is 22.6 Å². The lowest BCUT2D eigenvalue weighted by molar-refractivity contribution is -0.128. The maximum absolute atomic E-state index is 12.6. The van der Waals surface area contributed by atoms with Gasteiger partial charge in [0.1, 0.15) is 18.6 Å². The zero-order valence-corrected chi connectivity index (χ0v) is 16.1. The summed E-state index contributed by atoms with van der Waals surface area (Å²) in [6.07, 6.45) is 0. The lowest BCUT2D eigenvalue weighted by Gasteiger charge is -2.27. The number of nitrogens with zero attached hydrogens (tertiary/aromatic N) is 1. The SMILES string of the molecule is COc1cccc(CN2C(=O)CSC2c2ccc3c(c2)OCCO3)c1OC. The molecule has 142 valence electrons. The average Bonchev–Trinajstić information content (AvgIpc) is 3.07. The minimum atomic E-state index is -0.0794. The molecule has 2 heterocycles. The molecule has 0 spiro atoms. The molecule has 1 saturated heterocycles. The van der Waals surface area contributed by atoms with Crippen molar-refractivity contribution in [3.8, 4) is 23.0 Å². The first-order valence-electron chi connectivity index (χ1n) is 8.71.